The van der Waals surface area contributed by atoms with E-state index in [2.05, 4.69) is 10.4 Å². The highest BCUT2D eigenvalue weighted by Crippen LogP contribution is 2.16. The van der Waals surface area contributed by atoms with Crippen molar-refractivity contribution in [3.8, 4) is 5.75 Å². The number of benzene rings is 1. The molecule has 0 spiro atoms. The van der Waals surface area contributed by atoms with Crippen LogP contribution < -0.4 is 10.1 Å². The highest BCUT2D eigenvalue weighted by molar-refractivity contribution is 6.04. The number of aliphatic carboxylic acids is 1. The van der Waals surface area contributed by atoms with Gasteiger partial charge in [-0.15, -0.1) is 0 Å². The second-order valence-electron chi connectivity index (χ2n) is 4.41. The van der Waals surface area contributed by atoms with E-state index in [4.69, 9.17) is 9.84 Å². The monoisotopic (exact) mass is 289 g/mol. The van der Waals surface area contributed by atoms with Gasteiger partial charge in [0.15, 0.2) is 0 Å². The maximum atomic E-state index is 12.0. The number of anilines is 1. The first-order valence-electron chi connectivity index (χ1n) is 6.23. The summed E-state index contributed by atoms with van der Waals surface area (Å²) < 4.78 is 6.26. The zero-order valence-electron chi connectivity index (χ0n) is 11.6. The Morgan fingerprint density at radius 2 is 2.00 bits per heavy atom. The summed E-state index contributed by atoms with van der Waals surface area (Å²) in [6, 6.07) is 6.05. The van der Waals surface area contributed by atoms with Crippen LogP contribution in [0.25, 0.3) is 0 Å². The van der Waals surface area contributed by atoms with E-state index in [1.807, 2.05) is 0 Å². The molecule has 0 aliphatic rings. The number of rotatable bonds is 5. The van der Waals surface area contributed by atoms with Gasteiger partial charge in [-0.2, -0.15) is 5.10 Å². The summed E-state index contributed by atoms with van der Waals surface area (Å²) in [7, 11) is 1.56. The van der Waals surface area contributed by atoms with E-state index in [-0.39, 0.29) is 5.91 Å². The zero-order chi connectivity index (χ0) is 15.4. The molecule has 0 radical (unpaired) electrons. The number of nitrogens with zero attached hydrogens (tertiary/aromatic N) is 2. The molecule has 1 heterocycles. The summed E-state index contributed by atoms with van der Waals surface area (Å²) in [4.78, 5) is 22.9. The Hall–Kier alpha value is -2.83. The molecule has 0 saturated carbocycles. The Bertz CT molecular complexity index is 648. The molecule has 0 saturated heterocycles. The predicted octanol–water partition coefficient (Wildman–Crippen LogP) is 1.79. The van der Waals surface area contributed by atoms with E-state index in [1.165, 1.54) is 24.0 Å². The van der Waals surface area contributed by atoms with Gasteiger partial charge in [-0.25, -0.2) is 4.79 Å². The molecule has 1 aromatic carbocycles. The minimum absolute atomic E-state index is 0.291. The van der Waals surface area contributed by atoms with E-state index >= 15 is 0 Å². The molecule has 2 aromatic rings. The van der Waals surface area contributed by atoms with Crippen LogP contribution in [0.15, 0.2) is 36.7 Å². The average molecular weight is 289 g/mol. The predicted molar refractivity (Wildman–Crippen MR) is 75.5 cm³/mol. The quantitative estimate of drug-likeness (QED) is 0.875. The molecular weight excluding hydrogens is 274 g/mol. The molecule has 7 heteroatoms. The molecule has 21 heavy (non-hydrogen) atoms. The van der Waals surface area contributed by atoms with E-state index in [1.54, 1.807) is 31.4 Å². The molecule has 1 unspecified atom stereocenters. The van der Waals surface area contributed by atoms with Crippen molar-refractivity contribution in [2.45, 2.75) is 13.0 Å². The number of methoxy groups -OCH3 is 1. The molecule has 0 aliphatic heterocycles. The molecule has 7 nitrogen and oxygen atoms in total. The van der Waals surface area contributed by atoms with Crippen molar-refractivity contribution in [3.05, 3.63) is 42.2 Å². The van der Waals surface area contributed by atoms with Crippen LogP contribution in [0.2, 0.25) is 0 Å². The summed E-state index contributed by atoms with van der Waals surface area (Å²) in [6.45, 7) is 1.49. The van der Waals surface area contributed by atoms with Crippen molar-refractivity contribution >= 4 is 17.6 Å². The van der Waals surface area contributed by atoms with Crippen molar-refractivity contribution < 1.29 is 19.4 Å². The first-order valence-corrected chi connectivity index (χ1v) is 6.23. The number of hydrogen-bond acceptors (Lipinski definition) is 4. The Morgan fingerprint density at radius 1 is 1.33 bits per heavy atom. The molecule has 1 amide bonds. The number of carboxylic acids is 1. The Kier molecular flexibility index (Phi) is 4.22. The van der Waals surface area contributed by atoms with Gasteiger partial charge in [0.1, 0.15) is 11.8 Å². The van der Waals surface area contributed by atoms with Crippen molar-refractivity contribution in [3.63, 3.8) is 0 Å². The number of nitrogens with one attached hydrogen (secondary N) is 1. The van der Waals surface area contributed by atoms with Crippen molar-refractivity contribution in [2.75, 3.05) is 12.4 Å². The standard InChI is InChI=1S/C14H15N3O4/c1-9(14(19)20)17-8-10(7-15-17)13(18)16-11-3-5-12(21-2)6-4-11/h3-9H,1-2H3,(H,16,18)(H,19,20). The molecule has 0 bridgehead atoms. The Morgan fingerprint density at radius 3 is 2.57 bits per heavy atom. The van der Waals surface area contributed by atoms with Crippen molar-refractivity contribution in [1.29, 1.82) is 0 Å². The minimum Gasteiger partial charge on any atom is -0.497 e. The Labute approximate surface area is 121 Å². The van der Waals surface area contributed by atoms with E-state index in [0.717, 1.165) is 0 Å². The van der Waals surface area contributed by atoms with Gasteiger partial charge in [-0.1, -0.05) is 0 Å². The lowest BCUT2D eigenvalue weighted by molar-refractivity contribution is -0.140. The first-order chi connectivity index (χ1) is 10.0. The molecule has 2 N–H and O–H groups in total. The second kappa shape index (κ2) is 6.08. The second-order valence-corrected chi connectivity index (χ2v) is 4.41. The topological polar surface area (TPSA) is 93.5 Å². The third kappa shape index (κ3) is 3.38. The van der Waals surface area contributed by atoms with Gasteiger partial charge in [0, 0.05) is 11.9 Å². The van der Waals surface area contributed by atoms with Gasteiger partial charge in [0.05, 0.1) is 18.9 Å². The lowest BCUT2D eigenvalue weighted by Crippen LogP contribution is -2.16. The molecule has 1 aromatic heterocycles. The molecule has 2 rings (SSSR count). The fraction of sp³-hybridized carbons (Fsp3) is 0.214. The average Bonchev–Trinajstić information content (AvgIpc) is 2.97. The number of ether oxygens (including phenoxy) is 1. The zero-order valence-corrected chi connectivity index (χ0v) is 11.6. The van der Waals surface area contributed by atoms with Crippen LogP contribution in [-0.4, -0.2) is 33.9 Å². The largest absolute Gasteiger partial charge is 0.497 e. The SMILES string of the molecule is COc1ccc(NC(=O)c2cnn(C(C)C(=O)O)c2)cc1. The van der Waals surface area contributed by atoms with Crippen LogP contribution in [0, 0.1) is 0 Å². The third-order valence-electron chi connectivity index (χ3n) is 2.97. The maximum absolute atomic E-state index is 12.0. The summed E-state index contributed by atoms with van der Waals surface area (Å²) in [5.74, 6) is -0.680. The van der Waals surface area contributed by atoms with Gasteiger partial charge >= 0.3 is 5.97 Å². The van der Waals surface area contributed by atoms with Gasteiger partial charge < -0.3 is 15.2 Å². The van der Waals surface area contributed by atoms with Crippen LogP contribution >= 0.6 is 0 Å². The van der Waals surface area contributed by atoms with Crippen molar-refractivity contribution in [1.82, 2.24) is 9.78 Å². The van der Waals surface area contributed by atoms with Crippen molar-refractivity contribution in [2.24, 2.45) is 0 Å². The molecular formula is C14H15N3O4. The molecule has 110 valence electrons. The minimum atomic E-state index is -1.01. The van der Waals surface area contributed by atoms with Gasteiger partial charge in [-0.05, 0) is 31.2 Å². The summed E-state index contributed by atoms with van der Waals surface area (Å²) in [5, 5.41) is 15.5. The van der Waals surface area contributed by atoms with E-state index in [9.17, 15) is 9.59 Å². The van der Waals surface area contributed by atoms with E-state index in [0.29, 0.717) is 17.0 Å². The highest BCUT2D eigenvalue weighted by Gasteiger charge is 2.16. The fourth-order valence-electron chi connectivity index (χ4n) is 1.66. The molecule has 0 aliphatic carbocycles. The van der Waals surface area contributed by atoms with Crippen LogP contribution in [0.5, 0.6) is 5.75 Å². The van der Waals surface area contributed by atoms with Crippen LogP contribution in [0.3, 0.4) is 0 Å². The van der Waals surface area contributed by atoms with Crippen LogP contribution in [-0.2, 0) is 4.79 Å². The normalized spacial score (nSPS) is 11.7. The number of carboxylic acid groups (broad SMARTS) is 1. The van der Waals surface area contributed by atoms with Crippen LogP contribution in [0.4, 0.5) is 5.69 Å². The maximum Gasteiger partial charge on any atom is 0.328 e. The van der Waals surface area contributed by atoms with Crippen LogP contribution in [0.1, 0.15) is 23.3 Å². The van der Waals surface area contributed by atoms with Gasteiger partial charge in [-0.3, -0.25) is 9.48 Å². The lowest BCUT2D eigenvalue weighted by Gasteiger charge is -2.06. The Balaban J connectivity index is 2.07. The lowest BCUT2D eigenvalue weighted by atomic mass is 10.2. The summed E-state index contributed by atoms with van der Waals surface area (Å²) in [6.07, 6.45) is 2.73. The third-order valence-corrected chi connectivity index (χ3v) is 2.97. The number of amides is 1. The molecule has 1 atom stereocenters. The first kappa shape index (κ1) is 14.6. The number of hydrogen-bond donors (Lipinski definition) is 2. The summed E-state index contributed by atoms with van der Waals surface area (Å²) in [5.41, 5.74) is 0.902. The number of carbonyl (C=O) groups excluding carboxylic acids is 1. The molecule has 0 fully saturated rings. The number of aromatic nitrogens is 2. The van der Waals surface area contributed by atoms with Gasteiger partial charge in [0.2, 0.25) is 0 Å². The van der Waals surface area contributed by atoms with Gasteiger partial charge in [0.25, 0.3) is 5.91 Å². The van der Waals surface area contributed by atoms with E-state index < -0.39 is 12.0 Å². The highest BCUT2D eigenvalue weighted by atomic mass is 16.5. The fourth-order valence-corrected chi connectivity index (χ4v) is 1.66. The summed E-state index contributed by atoms with van der Waals surface area (Å²) >= 11 is 0. The number of carbonyl (C=O) groups is 2. The smallest absolute Gasteiger partial charge is 0.328 e.